The van der Waals surface area contributed by atoms with Crippen molar-refractivity contribution in [3.05, 3.63) is 48.6 Å². The Bertz CT molecular complexity index is 1400. The Morgan fingerprint density at radius 2 is 0.722 bits per heavy atom. The summed E-state index contributed by atoms with van der Waals surface area (Å²) in [6.45, 7) is 4.55. The third-order valence-electron chi connectivity index (χ3n) is 12.8. The lowest BCUT2D eigenvalue weighted by atomic mass is 10.0. The molecule has 2 N–H and O–H groups in total. The van der Waals surface area contributed by atoms with Gasteiger partial charge in [0.25, 0.3) is 0 Å². The number of hydrogen-bond donors (Lipinski definition) is 2. The van der Waals surface area contributed by atoms with Crippen molar-refractivity contribution >= 4 is 25.7 Å². The zero-order valence-electron chi connectivity index (χ0n) is 46.4. The number of phosphoric acid groups is 1. The third kappa shape index (κ3) is 52.3. The summed E-state index contributed by atoms with van der Waals surface area (Å²) < 4.78 is 39.5. The molecule has 11 nitrogen and oxygen atoms in total. The summed E-state index contributed by atoms with van der Waals surface area (Å²) in [5.74, 6) is -1.46. The summed E-state index contributed by atoms with van der Waals surface area (Å²) in [6.07, 6.45) is 57.8. The molecule has 0 aliphatic carbocycles. The summed E-state index contributed by atoms with van der Waals surface area (Å²) in [5, 5.41) is 9.82. The highest BCUT2D eigenvalue weighted by Gasteiger charge is 2.28. The van der Waals surface area contributed by atoms with Crippen LogP contribution in [-0.2, 0) is 42.2 Å². The fourth-order valence-electron chi connectivity index (χ4n) is 8.29. The normalized spacial score (nSPS) is 13.7. The van der Waals surface area contributed by atoms with Crippen LogP contribution < -0.4 is 0 Å². The molecule has 0 radical (unpaired) electrons. The van der Waals surface area contributed by atoms with E-state index in [-0.39, 0.29) is 25.9 Å². The Labute approximate surface area is 441 Å². The van der Waals surface area contributed by atoms with Crippen LogP contribution in [0.2, 0.25) is 0 Å². The quantitative estimate of drug-likeness (QED) is 0.0197. The maximum atomic E-state index is 12.9. The smallest absolute Gasteiger partial charge is 0.462 e. The molecule has 0 aromatic heterocycles. The summed E-state index contributed by atoms with van der Waals surface area (Å²) >= 11 is 0. The monoisotopic (exact) mass is 1040 g/mol. The van der Waals surface area contributed by atoms with Crippen molar-refractivity contribution < 1.29 is 52.2 Å². The van der Waals surface area contributed by atoms with Gasteiger partial charge in [0.15, 0.2) is 6.10 Å². The van der Waals surface area contributed by atoms with E-state index in [1.165, 1.54) is 116 Å². The van der Waals surface area contributed by atoms with Gasteiger partial charge in [-0.1, -0.05) is 249 Å². The zero-order valence-corrected chi connectivity index (χ0v) is 47.3. The van der Waals surface area contributed by atoms with Gasteiger partial charge in [-0.3, -0.25) is 23.4 Å². The van der Waals surface area contributed by atoms with Gasteiger partial charge >= 0.3 is 25.7 Å². The largest absolute Gasteiger partial charge is 0.472 e. The van der Waals surface area contributed by atoms with E-state index >= 15 is 0 Å². The average molecular weight is 1040 g/mol. The van der Waals surface area contributed by atoms with Crippen LogP contribution in [0.1, 0.15) is 278 Å². The maximum absolute atomic E-state index is 12.9. The molecule has 3 atom stereocenters. The van der Waals surface area contributed by atoms with Crippen molar-refractivity contribution in [3.63, 3.8) is 0 Å². The number of esters is 3. The predicted molar refractivity (Wildman–Crippen MR) is 298 cm³/mol. The number of phosphoric ester groups is 1. The Morgan fingerprint density at radius 3 is 1.11 bits per heavy atom. The molecular formula is C60H109O11P. The van der Waals surface area contributed by atoms with Crippen LogP contribution in [0.25, 0.3) is 0 Å². The third-order valence-corrected chi connectivity index (χ3v) is 13.7. The Balaban J connectivity index is 4.67. The molecule has 0 spiro atoms. The number of aliphatic hydroxyl groups is 1. The number of rotatable bonds is 55. The first kappa shape index (κ1) is 69.4. The number of ether oxygens (including phenoxy) is 3. The maximum Gasteiger partial charge on any atom is 0.472 e. The Hall–Kier alpha value is -2.56. The van der Waals surface area contributed by atoms with Crippen LogP contribution in [0.15, 0.2) is 48.6 Å². The lowest BCUT2D eigenvalue weighted by molar-refractivity contribution is -0.161. The minimum absolute atomic E-state index is 0.154. The minimum Gasteiger partial charge on any atom is -0.462 e. The second kappa shape index (κ2) is 54.7. The van der Waals surface area contributed by atoms with E-state index in [1.54, 1.807) is 0 Å². The molecule has 0 rings (SSSR count). The highest BCUT2D eigenvalue weighted by Crippen LogP contribution is 2.43. The van der Waals surface area contributed by atoms with Crippen LogP contribution in [0.3, 0.4) is 0 Å². The lowest BCUT2D eigenvalue weighted by Crippen LogP contribution is -2.30. The minimum atomic E-state index is -4.75. The summed E-state index contributed by atoms with van der Waals surface area (Å²) in [6, 6.07) is 0. The van der Waals surface area contributed by atoms with Gasteiger partial charge in [0.05, 0.1) is 19.8 Å². The van der Waals surface area contributed by atoms with Crippen molar-refractivity contribution in [3.8, 4) is 0 Å². The van der Waals surface area contributed by atoms with Crippen molar-refractivity contribution in [2.75, 3.05) is 26.4 Å². The molecule has 0 saturated heterocycles. The molecule has 3 unspecified atom stereocenters. The van der Waals surface area contributed by atoms with Gasteiger partial charge in [-0.25, -0.2) is 4.57 Å². The van der Waals surface area contributed by atoms with Gasteiger partial charge < -0.3 is 24.2 Å². The first-order valence-corrected chi connectivity index (χ1v) is 31.0. The summed E-state index contributed by atoms with van der Waals surface area (Å²) in [5.41, 5.74) is 0. The summed E-state index contributed by atoms with van der Waals surface area (Å²) in [4.78, 5) is 48.5. The average Bonchev–Trinajstić information content (AvgIpc) is 3.37. The molecule has 72 heavy (non-hydrogen) atoms. The molecule has 0 aromatic rings. The molecule has 12 heteroatoms. The number of aliphatic hydroxyl groups excluding tert-OH is 1. The topological polar surface area (TPSA) is 155 Å². The first-order valence-electron chi connectivity index (χ1n) is 29.5. The van der Waals surface area contributed by atoms with Crippen LogP contribution in [0.5, 0.6) is 0 Å². The van der Waals surface area contributed by atoms with E-state index in [4.69, 9.17) is 23.3 Å². The van der Waals surface area contributed by atoms with Gasteiger partial charge in [0.1, 0.15) is 12.7 Å². The molecule has 0 aromatic carbocycles. The Kier molecular flexibility index (Phi) is 52.7. The molecule has 0 aliphatic rings. The fraction of sp³-hybridized carbons (Fsp3) is 0.817. The SMILES string of the molecule is CC/C=C\C/C=C\C/C=C\C/C=C\CCCCCCCCC(=O)OC(COC(=O)CCCCCCCCCCCCC)COP(=O)(O)OCC(CO)OC(=O)CCCCCCCCCCCCCCCCC. The lowest BCUT2D eigenvalue weighted by Gasteiger charge is -2.21. The standard InChI is InChI=1S/C60H109O11P/c1-4-7-10-13-16-19-22-24-26-27-28-29-31-33-36-39-42-45-48-51-60(64)71-57(53-67-58(62)49-46-43-40-37-34-21-18-15-12-9-6-3)55-69-72(65,66)68-54-56(52-61)70-59(63)50-47-44-41-38-35-32-30-25-23-20-17-14-11-8-5-2/h7,10,16,19,24,26,28-29,56-57,61H,4-6,8-9,11-15,17-18,20-23,25,27,30-55H2,1-3H3,(H,65,66)/b10-7-,19-16-,26-24-,29-28-. The molecule has 0 heterocycles. The van der Waals surface area contributed by atoms with Gasteiger partial charge in [-0.05, 0) is 57.8 Å². The van der Waals surface area contributed by atoms with E-state index in [9.17, 15) is 28.9 Å². The van der Waals surface area contributed by atoms with Crippen LogP contribution >= 0.6 is 7.82 Å². The van der Waals surface area contributed by atoms with Crippen LogP contribution in [0, 0.1) is 0 Å². The van der Waals surface area contributed by atoms with Crippen LogP contribution in [-0.4, -0.2) is 66.5 Å². The number of allylic oxidation sites excluding steroid dienone is 8. The number of unbranched alkanes of at least 4 members (excludes halogenated alkanes) is 30. The van der Waals surface area contributed by atoms with E-state index in [2.05, 4.69) is 69.4 Å². The van der Waals surface area contributed by atoms with Crippen molar-refractivity contribution in [2.24, 2.45) is 0 Å². The molecule has 0 saturated carbocycles. The van der Waals surface area contributed by atoms with Crippen molar-refractivity contribution in [1.29, 1.82) is 0 Å². The molecule has 0 aliphatic heterocycles. The van der Waals surface area contributed by atoms with Gasteiger partial charge in [-0.2, -0.15) is 0 Å². The summed E-state index contributed by atoms with van der Waals surface area (Å²) in [7, 11) is -4.75. The highest BCUT2D eigenvalue weighted by atomic mass is 31.2. The van der Waals surface area contributed by atoms with E-state index in [0.29, 0.717) is 19.3 Å². The van der Waals surface area contributed by atoms with E-state index < -0.39 is 57.8 Å². The van der Waals surface area contributed by atoms with E-state index in [1.807, 2.05) is 0 Å². The van der Waals surface area contributed by atoms with Gasteiger partial charge in [-0.15, -0.1) is 0 Å². The zero-order chi connectivity index (χ0) is 52.7. The van der Waals surface area contributed by atoms with Gasteiger partial charge in [0, 0.05) is 19.3 Å². The number of carbonyl (C=O) groups excluding carboxylic acids is 3. The molecule has 420 valence electrons. The molecule has 0 fully saturated rings. The van der Waals surface area contributed by atoms with Crippen LogP contribution in [0.4, 0.5) is 0 Å². The van der Waals surface area contributed by atoms with Gasteiger partial charge in [0.2, 0.25) is 0 Å². The number of hydrogen-bond acceptors (Lipinski definition) is 10. The molecule has 0 bridgehead atoms. The molecular weight excluding hydrogens is 928 g/mol. The number of carbonyl (C=O) groups is 3. The second-order valence-corrected chi connectivity index (χ2v) is 21.2. The fourth-order valence-corrected chi connectivity index (χ4v) is 9.07. The molecule has 0 amide bonds. The first-order chi connectivity index (χ1) is 35.2. The second-order valence-electron chi connectivity index (χ2n) is 19.8. The van der Waals surface area contributed by atoms with Crippen molar-refractivity contribution in [2.45, 2.75) is 290 Å². The Morgan fingerprint density at radius 1 is 0.403 bits per heavy atom. The predicted octanol–water partition coefficient (Wildman–Crippen LogP) is 17.4. The van der Waals surface area contributed by atoms with Crippen molar-refractivity contribution in [1.82, 2.24) is 0 Å². The highest BCUT2D eigenvalue weighted by molar-refractivity contribution is 7.47. The van der Waals surface area contributed by atoms with E-state index in [0.717, 1.165) is 103 Å².